The number of allylic oxidation sites excluding steroid dienone is 3. The van der Waals surface area contributed by atoms with Crippen LogP contribution in [0.3, 0.4) is 0 Å². The van der Waals surface area contributed by atoms with E-state index < -0.39 is 0 Å². The van der Waals surface area contributed by atoms with Gasteiger partial charge in [-0.2, -0.15) is 0 Å². The van der Waals surface area contributed by atoms with Crippen LogP contribution in [0.4, 0.5) is 0 Å². The minimum Gasteiger partial charge on any atom is -0.518 e. The van der Waals surface area contributed by atoms with Gasteiger partial charge in [-0.05, 0) is 0 Å². The second-order valence-electron chi connectivity index (χ2n) is 0.902. The van der Waals surface area contributed by atoms with Gasteiger partial charge in [-0.25, -0.2) is 19.1 Å². The van der Waals surface area contributed by atoms with Gasteiger partial charge in [-0.3, -0.25) is 6.08 Å². The van der Waals surface area contributed by atoms with Gasteiger partial charge < -0.3 is 6.58 Å². The Hall–Kier alpha value is -0.0266. The minimum absolute atomic E-state index is 0. The molecular formula is C7H12Zn. The third kappa shape index (κ3) is 156. The van der Waals surface area contributed by atoms with Crippen LogP contribution in [0, 0.1) is 13.5 Å². The number of rotatable bonds is 0. The molecular weight excluding hydrogens is 149 g/mol. The summed E-state index contributed by atoms with van der Waals surface area (Å²) in [5, 5.41) is 0. The van der Waals surface area contributed by atoms with Crippen molar-refractivity contribution in [2.75, 3.05) is 0 Å². The van der Waals surface area contributed by atoms with E-state index in [0.717, 1.165) is 0 Å². The maximum absolute atomic E-state index is 4.72. The molecule has 42 valence electrons. The van der Waals surface area contributed by atoms with Crippen molar-refractivity contribution < 1.29 is 19.5 Å². The van der Waals surface area contributed by atoms with Crippen molar-refractivity contribution in [1.82, 2.24) is 0 Å². The van der Waals surface area contributed by atoms with Gasteiger partial charge >= 0.3 is 19.5 Å². The molecule has 0 atom stereocenters. The topological polar surface area (TPSA) is 0 Å². The molecule has 8 heavy (non-hydrogen) atoms. The molecule has 0 saturated heterocycles. The first-order valence-electron chi connectivity index (χ1n) is 2.23. The molecule has 0 fully saturated rings. The second kappa shape index (κ2) is 28.1. The summed E-state index contributed by atoms with van der Waals surface area (Å²) in [5.41, 5.74) is 0. The van der Waals surface area contributed by atoms with Crippen LogP contribution in [0.2, 0.25) is 0 Å². The van der Waals surface area contributed by atoms with Gasteiger partial charge in [-0.1, -0.05) is 6.92 Å². The summed E-state index contributed by atoms with van der Waals surface area (Å²) < 4.78 is 0. The van der Waals surface area contributed by atoms with Gasteiger partial charge in [0.1, 0.15) is 0 Å². The van der Waals surface area contributed by atoms with Gasteiger partial charge in [0.15, 0.2) is 0 Å². The molecule has 0 unspecified atom stereocenters. The van der Waals surface area contributed by atoms with Gasteiger partial charge in [0.05, 0.1) is 0 Å². The summed E-state index contributed by atoms with van der Waals surface area (Å²) in [6.07, 6.45) is 5.14. The molecule has 0 aromatic rings. The maximum atomic E-state index is 4.72. The zero-order valence-electron chi connectivity index (χ0n) is 5.72. The third-order valence-electron chi connectivity index (χ3n) is 0.236. The van der Waals surface area contributed by atoms with Crippen LogP contribution in [0.5, 0.6) is 0 Å². The molecule has 0 N–H and O–H groups in total. The standard InChI is InChI=1S/C4H7.C3H5.Zn/c1-3-4-2;1-3-2;/h3-4H,1H2,2H3;1,3H,2H3;/q2*-1;+2/b4-3+;;. The molecule has 0 aliphatic rings. The fourth-order valence-corrected chi connectivity index (χ4v) is 0. The third-order valence-corrected chi connectivity index (χ3v) is 0.236. The van der Waals surface area contributed by atoms with E-state index in [1.807, 2.05) is 13.0 Å². The van der Waals surface area contributed by atoms with Crippen molar-refractivity contribution in [2.24, 2.45) is 0 Å². The largest absolute Gasteiger partial charge is 2.00 e. The predicted molar refractivity (Wildman–Crippen MR) is 34.7 cm³/mol. The van der Waals surface area contributed by atoms with Crippen LogP contribution in [0.15, 0.2) is 18.2 Å². The molecule has 0 aromatic carbocycles. The Balaban J connectivity index is -0.0000000575. The van der Waals surface area contributed by atoms with Crippen molar-refractivity contribution in [3.05, 3.63) is 31.7 Å². The van der Waals surface area contributed by atoms with Gasteiger partial charge in [-0.15, -0.1) is 6.92 Å². The molecule has 0 rings (SSSR count). The SMILES string of the molecule is [CH-]=CC.[CH2-]/C=C/C.[Zn+2]. The molecule has 0 aromatic heterocycles. The molecule has 0 aliphatic carbocycles. The monoisotopic (exact) mass is 160 g/mol. The molecule has 0 nitrogen and oxygen atoms in total. The van der Waals surface area contributed by atoms with E-state index >= 15 is 0 Å². The van der Waals surface area contributed by atoms with E-state index in [1.54, 1.807) is 13.0 Å². The Labute approximate surface area is 65.4 Å². The first kappa shape index (κ1) is 15.7. The molecule has 0 spiro atoms. The molecule has 0 aliphatic heterocycles. The van der Waals surface area contributed by atoms with Crippen molar-refractivity contribution in [1.29, 1.82) is 0 Å². The van der Waals surface area contributed by atoms with E-state index in [2.05, 4.69) is 6.92 Å². The van der Waals surface area contributed by atoms with Crippen molar-refractivity contribution in [2.45, 2.75) is 13.8 Å². The van der Waals surface area contributed by atoms with Crippen LogP contribution >= 0.6 is 0 Å². The quantitative estimate of drug-likeness (QED) is 0.378. The van der Waals surface area contributed by atoms with E-state index in [0.29, 0.717) is 0 Å². The molecule has 1 heteroatoms. The van der Waals surface area contributed by atoms with Crippen LogP contribution in [0.1, 0.15) is 13.8 Å². The first-order valence-corrected chi connectivity index (χ1v) is 2.23. The number of hydrogen-bond acceptors (Lipinski definition) is 0. The van der Waals surface area contributed by atoms with Crippen LogP contribution in [-0.2, 0) is 19.5 Å². The normalized spacial score (nSPS) is 6.25. The van der Waals surface area contributed by atoms with Gasteiger partial charge in [0.2, 0.25) is 0 Å². The van der Waals surface area contributed by atoms with Crippen molar-refractivity contribution >= 4 is 0 Å². The summed E-state index contributed by atoms with van der Waals surface area (Å²) >= 11 is 0. The smallest absolute Gasteiger partial charge is 0.518 e. The van der Waals surface area contributed by atoms with Crippen molar-refractivity contribution in [3.8, 4) is 0 Å². The zero-order valence-corrected chi connectivity index (χ0v) is 8.69. The fraction of sp³-hybridized carbons (Fsp3) is 0.286. The average Bonchev–Trinajstić information content (AvgIpc) is 1.69. The molecule has 0 bridgehead atoms. The summed E-state index contributed by atoms with van der Waals surface area (Å²) in [7, 11) is 0. The Morgan fingerprint density at radius 2 is 1.50 bits per heavy atom. The molecule has 0 amide bonds. The van der Waals surface area contributed by atoms with Gasteiger partial charge in [0, 0.05) is 0 Å². The Kier molecular flexibility index (Phi) is 55.1. The zero-order chi connectivity index (χ0) is 6.12. The number of hydrogen-bond donors (Lipinski definition) is 0. The van der Waals surface area contributed by atoms with E-state index in [9.17, 15) is 0 Å². The van der Waals surface area contributed by atoms with Gasteiger partial charge in [0.25, 0.3) is 0 Å². The maximum Gasteiger partial charge on any atom is 2.00 e. The van der Waals surface area contributed by atoms with Crippen LogP contribution < -0.4 is 0 Å². The van der Waals surface area contributed by atoms with E-state index in [-0.39, 0.29) is 19.5 Å². The van der Waals surface area contributed by atoms with E-state index in [1.165, 1.54) is 6.08 Å². The molecule has 0 heterocycles. The summed E-state index contributed by atoms with van der Waals surface area (Å²) in [6, 6.07) is 0. The molecule has 0 radical (unpaired) electrons. The second-order valence-corrected chi connectivity index (χ2v) is 0.902. The van der Waals surface area contributed by atoms with E-state index in [4.69, 9.17) is 6.58 Å². The Bertz CT molecular complexity index is 42.3. The minimum atomic E-state index is 0. The first-order chi connectivity index (χ1) is 3.33. The fourth-order valence-electron chi connectivity index (χ4n) is 0. The van der Waals surface area contributed by atoms with Crippen LogP contribution in [0.25, 0.3) is 0 Å². The Morgan fingerprint density at radius 1 is 1.38 bits per heavy atom. The molecule has 0 saturated carbocycles. The summed E-state index contributed by atoms with van der Waals surface area (Å²) in [6.45, 7) is 11.9. The predicted octanol–water partition coefficient (Wildman–Crippen LogP) is 2.39. The van der Waals surface area contributed by atoms with Crippen molar-refractivity contribution in [3.63, 3.8) is 0 Å². The summed E-state index contributed by atoms with van der Waals surface area (Å²) in [4.78, 5) is 0. The summed E-state index contributed by atoms with van der Waals surface area (Å²) in [5.74, 6) is 0. The van der Waals surface area contributed by atoms with Crippen LogP contribution in [-0.4, -0.2) is 0 Å². The average molecular weight is 162 g/mol. The Morgan fingerprint density at radius 3 is 1.50 bits per heavy atom.